The summed E-state index contributed by atoms with van der Waals surface area (Å²) >= 11 is 0. The fourth-order valence-electron chi connectivity index (χ4n) is 7.93. The number of rotatable bonds is 7. The average Bonchev–Trinajstić information content (AvgIpc) is 3.65. The molecule has 1 aromatic heterocycles. The molecule has 208 valence electrons. The summed E-state index contributed by atoms with van der Waals surface area (Å²) in [5.41, 5.74) is 7.96. The van der Waals surface area contributed by atoms with Crippen molar-refractivity contribution >= 4 is 16.8 Å². The van der Waals surface area contributed by atoms with Gasteiger partial charge in [-0.05, 0) is 111 Å². The minimum atomic E-state index is 0.0255. The highest BCUT2D eigenvalue weighted by atomic mass is 16.1. The maximum absolute atomic E-state index is 12.9. The molecule has 3 aromatic rings. The Morgan fingerprint density at radius 1 is 1.15 bits per heavy atom. The Hall–Kier alpha value is -3.14. The molecule has 40 heavy (non-hydrogen) atoms. The number of aromatic amines is 1. The number of aromatic nitrogens is 1. The number of benzene rings is 2. The number of H-pyrrole nitrogens is 1. The molecule has 2 aliphatic carbocycles. The number of carbonyl (C=O) groups is 1. The molecule has 1 spiro atoms. The first kappa shape index (κ1) is 25.8. The van der Waals surface area contributed by atoms with Crippen LogP contribution in [-0.4, -0.2) is 53.9 Å². The number of amides is 1. The van der Waals surface area contributed by atoms with Gasteiger partial charge in [-0.15, -0.1) is 0 Å². The second-order valence-electron chi connectivity index (χ2n) is 13.4. The van der Waals surface area contributed by atoms with Crippen molar-refractivity contribution in [1.29, 1.82) is 5.26 Å². The third-order valence-corrected chi connectivity index (χ3v) is 10.4. The average molecular weight is 536 g/mol. The largest absolute Gasteiger partial charge is 0.361 e. The summed E-state index contributed by atoms with van der Waals surface area (Å²) in [5.74, 6) is 1.50. The minimum Gasteiger partial charge on any atom is -0.361 e. The maximum atomic E-state index is 12.9. The Labute approximate surface area is 237 Å². The molecule has 3 heterocycles. The van der Waals surface area contributed by atoms with Crippen LogP contribution in [-0.2, 0) is 6.54 Å². The standard InChI is InChI=1S/C34H41N5O/c1-22-13-29(25-3-4-25)30(28-9-11-36-32(22)28)21-39-12-10-34(14-23(15-34)17-35)16-31(39)26-5-7-27(8-6-26)33(40)37-18-24-19-38(2)20-24/h5-9,11,13,23-25,31,36H,3-4,10,12,14-16,18-21H2,1-2H3,(H,37,40). The molecule has 1 unspecified atom stereocenters. The number of nitrogens with zero attached hydrogens (tertiary/aromatic N) is 3. The third-order valence-electron chi connectivity index (χ3n) is 10.4. The van der Waals surface area contributed by atoms with Crippen molar-refractivity contribution in [1.82, 2.24) is 20.1 Å². The Kier molecular flexibility index (Phi) is 6.48. The van der Waals surface area contributed by atoms with E-state index in [0.29, 0.717) is 17.9 Å². The number of nitrogens with one attached hydrogen (secondary N) is 2. The summed E-state index contributed by atoms with van der Waals surface area (Å²) in [6.07, 6.45) is 9.00. The van der Waals surface area contributed by atoms with Crippen molar-refractivity contribution in [3.8, 4) is 6.07 Å². The van der Waals surface area contributed by atoms with Crippen molar-refractivity contribution in [3.63, 3.8) is 0 Å². The van der Waals surface area contributed by atoms with E-state index in [0.717, 1.165) is 57.5 Å². The molecule has 2 N–H and O–H groups in total. The number of fused-ring (bicyclic) bond motifs is 1. The van der Waals surface area contributed by atoms with E-state index in [1.54, 1.807) is 5.56 Å². The van der Waals surface area contributed by atoms with Crippen LogP contribution in [0.5, 0.6) is 0 Å². The van der Waals surface area contributed by atoms with Gasteiger partial charge in [0.25, 0.3) is 5.91 Å². The van der Waals surface area contributed by atoms with Gasteiger partial charge in [0.15, 0.2) is 0 Å². The summed E-state index contributed by atoms with van der Waals surface area (Å²) in [4.78, 5) is 21.3. The van der Waals surface area contributed by atoms with Gasteiger partial charge in [-0.2, -0.15) is 5.26 Å². The molecule has 2 saturated carbocycles. The van der Waals surface area contributed by atoms with Gasteiger partial charge >= 0.3 is 0 Å². The van der Waals surface area contributed by atoms with Crippen LogP contribution in [0, 0.1) is 35.5 Å². The topological polar surface area (TPSA) is 75.2 Å². The highest BCUT2D eigenvalue weighted by Crippen LogP contribution is 2.57. The van der Waals surface area contributed by atoms with Gasteiger partial charge in [0.2, 0.25) is 0 Å². The van der Waals surface area contributed by atoms with E-state index in [4.69, 9.17) is 0 Å². The highest BCUT2D eigenvalue weighted by Gasteiger charge is 2.49. The molecular formula is C34H41N5O. The van der Waals surface area contributed by atoms with Crippen LogP contribution < -0.4 is 5.32 Å². The van der Waals surface area contributed by atoms with Gasteiger partial charge in [-0.1, -0.05) is 18.2 Å². The van der Waals surface area contributed by atoms with E-state index in [2.05, 4.69) is 70.6 Å². The van der Waals surface area contributed by atoms with Crippen LogP contribution >= 0.6 is 0 Å². The molecule has 2 aromatic carbocycles. The highest BCUT2D eigenvalue weighted by molar-refractivity contribution is 5.94. The summed E-state index contributed by atoms with van der Waals surface area (Å²) in [6, 6.07) is 15.9. The number of hydrogen-bond acceptors (Lipinski definition) is 4. The summed E-state index contributed by atoms with van der Waals surface area (Å²) < 4.78 is 0. The lowest BCUT2D eigenvalue weighted by Crippen LogP contribution is -2.49. The predicted molar refractivity (Wildman–Crippen MR) is 158 cm³/mol. The Morgan fingerprint density at radius 3 is 2.62 bits per heavy atom. The molecule has 2 saturated heterocycles. The predicted octanol–water partition coefficient (Wildman–Crippen LogP) is 5.90. The van der Waals surface area contributed by atoms with E-state index in [1.165, 1.54) is 46.9 Å². The van der Waals surface area contributed by atoms with Gasteiger partial charge < -0.3 is 15.2 Å². The van der Waals surface area contributed by atoms with Crippen LogP contribution in [0.15, 0.2) is 42.6 Å². The second-order valence-corrected chi connectivity index (χ2v) is 13.4. The van der Waals surface area contributed by atoms with Gasteiger partial charge in [0.1, 0.15) is 0 Å². The number of piperidine rings is 1. The van der Waals surface area contributed by atoms with E-state index >= 15 is 0 Å². The number of hydrogen-bond donors (Lipinski definition) is 2. The van der Waals surface area contributed by atoms with Crippen molar-refractivity contribution in [3.05, 3.63) is 70.4 Å². The molecule has 0 bridgehead atoms. The molecule has 2 aliphatic heterocycles. The quantitative estimate of drug-likeness (QED) is 0.395. The smallest absolute Gasteiger partial charge is 0.251 e. The van der Waals surface area contributed by atoms with Crippen LogP contribution in [0.2, 0.25) is 0 Å². The molecule has 6 nitrogen and oxygen atoms in total. The van der Waals surface area contributed by atoms with Gasteiger partial charge in [0, 0.05) is 66.7 Å². The van der Waals surface area contributed by atoms with Gasteiger partial charge in [0.05, 0.1) is 6.07 Å². The summed E-state index contributed by atoms with van der Waals surface area (Å²) in [6.45, 7) is 7.09. The fraction of sp³-hybridized carbons (Fsp3) is 0.529. The Morgan fingerprint density at radius 2 is 1.93 bits per heavy atom. The molecular weight excluding hydrogens is 494 g/mol. The van der Waals surface area contributed by atoms with Crippen LogP contribution in [0.4, 0.5) is 0 Å². The molecule has 6 heteroatoms. The van der Waals surface area contributed by atoms with Crippen molar-refractivity contribution in [2.75, 3.05) is 33.2 Å². The lowest BCUT2D eigenvalue weighted by molar-refractivity contribution is -0.0297. The van der Waals surface area contributed by atoms with E-state index < -0.39 is 0 Å². The van der Waals surface area contributed by atoms with E-state index in [9.17, 15) is 10.1 Å². The first-order chi connectivity index (χ1) is 19.4. The monoisotopic (exact) mass is 535 g/mol. The molecule has 1 atom stereocenters. The molecule has 4 fully saturated rings. The number of nitriles is 1. The molecule has 4 aliphatic rings. The van der Waals surface area contributed by atoms with Crippen molar-refractivity contribution in [2.45, 2.75) is 64.0 Å². The molecule has 1 amide bonds. The zero-order chi connectivity index (χ0) is 27.4. The first-order valence-electron chi connectivity index (χ1n) is 15.2. The van der Waals surface area contributed by atoms with Gasteiger partial charge in [-0.25, -0.2) is 0 Å². The minimum absolute atomic E-state index is 0.0255. The lowest BCUT2D eigenvalue weighted by atomic mass is 9.56. The third kappa shape index (κ3) is 4.74. The number of carbonyl (C=O) groups excluding carboxylic acids is 1. The van der Waals surface area contributed by atoms with Crippen LogP contribution in [0.1, 0.15) is 83.1 Å². The number of likely N-dealkylation sites (tertiary alicyclic amines) is 2. The zero-order valence-electron chi connectivity index (χ0n) is 23.9. The Bertz CT molecular complexity index is 1450. The maximum Gasteiger partial charge on any atom is 0.251 e. The lowest BCUT2D eigenvalue weighted by Gasteiger charge is -2.53. The Balaban J connectivity index is 1.15. The van der Waals surface area contributed by atoms with Crippen LogP contribution in [0.3, 0.4) is 0 Å². The second kappa shape index (κ2) is 10.0. The fourth-order valence-corrected chi connectivity index (χ4v) is 7.93. The van der Waals surface area contributed by atoms with Crippen molar-refractivity contribution < 1.29 is 4.79 Å². The van der Waals surface area contributed by atoms with Gasteiger partial charge in [-0.3, -0.25) is 9.69 Å². The van der Waals surface area contributed by atoms with E-state index in [1.807, 2.05) is 12.1 Å². The molecule has 0 radical (unpaired) electrons. The summed E-state index contributed by atoms with van der Waals surface area (Å²) in [7, 11) is 2.12. The van der Waals surface area contributed by atoms with Crippen molar-refractivity contribution in [2.24, 2.45) is 17.3 Å². The van der Waals surface area contributed by atoms with Crippen LogP contribution in [0.25, 0.3) is 10.9 Å². The number of aryl methyl sites for hydroxylation is 1. The summed E-state index contributed by atoms with van der Waals surface area (Å²) in [5, 5.41) is 14.0. The normalized spacial score (nSPS) is 27.3. The zero-order valence-corrected chi connectivity index (χ0v) is 23.9. The first-order valence-corrected chi connectivity index (χ1v) is 15.2. The molecule has 7 rings (SSSR count). The SMILES string of the molecule is Cc1cc(C2CC2)c(CN2CCC3(CC(C#N)C3)CC2c2ccc(C(=O)NCC3CN(C)C3)cc2)c2cc[nH]c12. The van der Waals surface area contributed by atoms with E-state index in [-0.39, 0.29) is 17.2 Å².